The van der Waals surface area contributed by atoms with Crippen molar-refractivity contribution in [1.29, 1.82) is 0 Å². The van der Waals surface area contributed by atoms with E-state index in [0.29, 0.717) is 0 Å². The number of carbonyl (C=O) groups excluding carboxylic acids is 1. The highest BCUT2D eigenvalue weighted by Gasteiger charge is 2.30. The molecule has 100 valence electrons. The number of nitrogens with zero attached hydrogens (tertiary/aromatic N) is 1. The maximum atomic E-state index is 12.1. The summed E-state index contributed by atoms with van der Waals surface area (Å²) in [6.07, 6.45) is -3.92. The van der Waals surface area contributed by atoms with E-state index in [2.05, 4.69) is 15.6 Å². The maximum Gasteiger partial charge on any atom is 0.391 e. The predicted octanol–water partition coefficient (Wildman–Crippen LogP) is 2.19. The lowest BCUT2D eigenvalue weighted by molar-refractivity contribution is -0.138. The summed E-state index contributed by atoms with van der Waals surface area (Å²) in [5, 5.41) is 5.07. The summed E-state index contributed by atoms with van der Waals surface area (Å²) < 4.78 is 36.2. The van der Waals surface area contributed by atoms with Crippen molar-refractivity contribution in [2.24, 2.45) is 0 Å². The molecule has 0 spiro atoms. The lowest BCUT2D eigenvalue weighted by Gasteiger charge is -2.15. The van der Waals surface area contributed by atoms with Gasteiger partial charge in [0.2, 0.25) is 0 Å². The molecular formula is C11H14F3N3O. The van der Waals surface area contributed by atoms with Crippen LogP contribution in [0.3, 0.4) is 0 Å². The zero-order valence-electron chi connectivity index (χ0n) is 10.0. The van der Waals surface area contributed by atoms with Crippen molar-refractivity contribution in [3.63, 3.8) is 0 Å². The van der Waals surface area contributed by atoms with Crippen molar-refractivity contribution in [3.05, 3.63) is 24.0 Å². The first-order valence-corrected chi connectivity index (χ1v) is 5.33. The molecular weight excluding hydrogens is 247 g/mol. The molecule has 0 aliphatic rings. The number of amides is 1. The quantitative estimate of drug-likeness (QED) is 0.873. The highest BCUT2D eigenvalue weighted by molar-refractivity contribution is 5.92. The predicted molar refractivity (Wildman–Crippen MR) is 61.4 cm³/mol. The molecule has 0 radical (unpaired) electrons. The fraction of sp³-hybridized carbons (Fsp3) is 0.455. The Bertz CT molecular complexity index is 403. The van der Waals surface area contributed by atoms with Crippen LogP contribution in [0.25, 0.3) is 0 Å². The van der Waals surface area contributed by atoms with Gasteiger partial charge in [-0.2, -0.15) is 13.2 Å². The molecule has 1 unspecified atom stereocenters. The monoisotopic (exact) mass is 261 g/mol. The van der Waals surface area contributed by atoms with Crippen LogP contribution >= 0.6 is 0 Å². The van der Waals surface area contributed by atoms with E-state index in [0.717, 1.165) is 5.69 Å². The zero-order chi connectivity index (χ0) is 13.8. The summed E-state index contributed by atoms with van der Waals surface area (Å²) in [6.45, 7) is 1.30. The molecule has 1 heterocycles. The number of hydrogen-bond acceptors (Lipinski definition) is 3. The largest absolute Gasteiger partial charge is 0.391 e. The highest BCUT2D eigenvalue weighted by Crippen LogP contribution is 2.21. The molecule has 0 saturated heterocycles. The van der Waals surface area contributed by atoms with Crippen molar-refractivity contribution in [1.82, 2.24) is 10.3 Å². The van der Waals surface area contributed by atoms with E-state index in [1.807, 2.05) is 0 Å². The Hall–Kier alpha value is -1.79. The number of carbonyl (C=O) groups is 1. The first kappa shape index (κ1) is 14.3. The van der Waals surface area contributed by atoms with Crippen LogP contribution in [0.1, 0.15) is 23.8 Å². The van der Waals surface area contributed by atoms with Crippen LogP contribution in [0.15, 0.2) is 18.3 Å². The van der Waals surface area contributed by atoms with E-state index in [1.165, 1.54) is 19.2 Å². The molecule has 1 atom stereocenters. The van der Waals surface area contributed by atoms with Gasteiger partial charge in [0.15, 0.2) is 0 Å². The Morgan fingerprint density at radius 3 is 2.56 bits per heavy atom. The lowest BCUT2D eigenvalue weighted by atomic mass is 10.2. The second-order valence-electron chi connectivity index (χ2n) is 3.88. The Kier molecular flexibility index (Phi) is 4.52. The van der Waals surface area contributed by atoms with Crippen LogP contribution in [-0.4, -0.2) is 30.2 Å². The minimum atomic E-state index is -4.30. The molecule has 2 N–H and O–H groups in total. The van der Waals surface area contributed by atoms with E-state index in [9.17, 15) is 18.0 Å². The zero-order valence-corrected chi connectivity index (χ0v) is 10.0. The molecule has 0 saturated carbocycles. The summed E-state index contributed by atoms with van der Waals surface area (Å²) in [4.78, 5) is 15.4. The first-order chi connectivity index (χ1) is 8.31. The SMILES string of the molecule is CNc1ccc(C(=O)NC(C)CC(F)(F)F)nc1. The Morgan fingerprint density at radius 2 is 2.11 bits per heavy atom. The number of anilines is 1. The standard InChI is InChI=1S/C11H14F3N3O/c1-7(5-11(12,13)14)17-10(18)9-4-3-8(15-2)6-16-9/h3-4,6-7,15H,5H2,1-2H3,(H,17,18). The van der Waals surface area contributed by atoms with Gasteiger partial charge in [0.25, 0.3) is 5.91 Å². The van der Waals surface area contributed by atoms with Crippen LogP contribution in [0.5, 0.6) is 0 Å². The number of halogens is 3. The van der Waals surface area contributed by atoms with Crippen LogP contribution in [0.2, 0.25) is 0 Å². The minimum Gasteiger partial charge on any atom is -0.387 e. The second-order valence-corrected chi connectivity index (χ2v) is 3.88. The van der Waals surface area contributed by atoms with Crippen molar-refractivity contribution in [2.75, 3.05) is 12.4 Å². The van der Waals surface area contributed by atoms with Gasteiger partial charge in [0.1, 0.15) is 5.69 Å². The van der Waals surface area contributed by atoms with Crippen LogP contribution < -0.4 is 10.6 Å². The second kappa shape index (κ2) is 5.70. The van der Waals surface area contributed by atoms with Gasteiger partial charge in [-0.3, -0.25) is 4.79 Å². The summed E-state index contributed by atoms with van der Waals surface area (Å²) in [5.74, 6) is -0.616. The highest BCUT2D eigenvalue weighted by atomic mass is 19.4. The number of nitrogens with one attached hydrogen (secondary N) is 2. The lowest BCUT2D eigenvalue weighted by Crippen LogP contribution is -2.36. The van der Waals surface area contributed by atoms with Crippen molar-refractivity contribution < 1.29 is 18.0 Å². The molecule has 0 bridgehead atoms. The van der Waals surface area contributed by atoms with Gasteiger partial charge in [-0.25, -0.2) is 4.98 Å². The van der Waals surface area contributed by atoms with E-state index in [1.54, 1.807) is 13.1 Å². The summed E-state index contributed by atoms with van der Waals surface area (Å²) in [5.41, 5.74) is 0.804. The van der Waals surface area contributed by atoms with Crippen LogP contribution in [0.4, 0.5) is 18.9 Å². The summed E-state index contributed by atoms with van der Waals surface area (Å²) in [6, 6.07) is 2.08. The third-order valence-electron chi connectivity index (χ3n) is 2.20. The van der Waals surface area contributed by atoms with Gasteiger partial charge in [0.05, 0.1) is 18.3 Å². The van der Waals surface area contributed by atoms with E-state index in [4.69, 9.17) is 0 Å². The minimum absolute atomic E-state index is 0.0861. The average Bonchev–Trinajstić information content (AvgIpc) is 2.26. The number of rotatable bonds is 4. The third-order valence-corrected chi connectivity index (χ3v) is 2.20. The smallest absolute Gasteiger partial charge is 0.387 e. The molecule has 1 amide bonds. The molecule has 1 aromatic rings. The molecule has 18 heavy (non-hydrogen) atoms. The molecule has 1 aromatic heterocycles. The van der Waals surface area contributed by atoms with Crippen molar-refractivity contribution >= 4 is 11.6 Å². The number of alkyl halides is 3. The normalized spacial score (nSPS) is 12.9. The number of aromatic nitrogens is 1. The van der Waals surface area contributed by atoms with E-state index in [-0.39, 0.29) is 5.69 Å². The fourth-order valence-corrected chi connectivity index (χ4v) is 1.37. The van der Waals surface area contributed by atoms with Crippen molar-refractivity contribution in [2.45, 2.75) is 25.6 Å². The number of pyridine rings is 1. The third kappa shape index (κ3) is 4.60. The van der Waals surface area contributed by atoms with Gasteiger partial charge in [-0.05, 0) is 19.1 Å². The van der Waals surface area contributed by atoms with Gasteiger partial charge < -0.3 is 10.6 Å². The molecule has 0 aliphatic carbocycles. The molecule has 0 aromatic carbocycles. The fourth-order valence-electron chi connectivity index (χ4n) is 1.37. The first-order valence-electron chi connectivity index (χ1n) is 5.33. The van der Waals surface area contributed by atoms with Gasteiger partial charge in [-0.1, -0.05) is 0 Å². The Labute approximate surface area is 103 Å². The Morgan fingerprint density at radius 1 is 1.44 bits per heavy atom. The van der Waals surface area contributed by atoms with Crippen LogP contribution in [0, 0.1) is 0 Å². The molecule has 7 heteroatoms. The van der Waals surface area contributed by atoms with Crippen LogP contribution in [-0.2, 0) is 0 Å². The van der Waals surface area contributed by atoms with Gasteiger partial charge >= 0.3 is 6.18 Å². The molecule has 0 aliphatic heterocycles. The van der Waals surface area contributed by atoms with E-state index >= 15 is 0 Å². The Balaban J connectivity index is 2.59. The average molecular weight is 261 g/mol. The van der Waals surface area contributed by atoms with Gasteiger partial charge in [-0.15, -0.1) is 0 Å². The number of hydrogen-bond donors (Lipinski definition) is 2. The molecule has 0 fully saturated rings. The van der Waals surface area contributed by atoms with E-state index < -0.39 is 24.5 Å². The summed E-state index contributed by atoms with van der Waals surface area (Å²) in [7, 11) is 1.70. The van der Waals surface area contributed by atoms with Gasteiger partial charge in [0, 0.05) is 13.1 Å². The topological polar surface area (TPSA) is 54.0 Å². The summed E-state index contributed by atoms with van der Waals surface area (Å²) >= 11 is 0. The van der Waals surface area contributed by atoms with Crippen molar-refractivity contribution in [3.8, 4) is 0 Å². The maximum absolute atomic E-state index is 12.1. The molecule has 4 nitrogen and oxygen atoms in total. The molecule has 1 rings (SSSR count).